The quantitative estimate of drug-likeness (QED) is 0.477. The van der Waals surface area contributed by atoms with Crippen LogP contribution in [0.1, 0.15) is 62.5 Å². The average molecular weight is 479 g/mol. The van der Waals surface area contributed by atoms with Crippen LogP contribution in [0.15, 0.2) is 60.7 Å². The Kier molecular flexibility index (Phi) is 11.6. The standard InChI is InChI=1S/2C13H17NO.2ClH/c2*1-14-13(10-6-5-9-12(13)15)11-7-3-2-4-8-11;;/h2*2-4,7-8,14H,5-6,9-10H2,1H3;2*1H/t2*13-;;/m11../s1. The van der Waals surface area contributed by atoms with Crippen LogP contribution < -0.4 is 35.4 Å². The van der Waals surface area contributed by atoms with Crippen molar-refractivity contribution in [2.75, 3.05) is 14.1 Å². The van der Waals surface area contributed by atoms with Gasteiger partial charge in [-0.1, -0.05) is 60.7 Å². The molecule has 2 aliphatic rings. The Labute approximate surface area is 204 Å². The van der Waals surface area contributed by atoms with Gasteiger partial charge in [0.25, 0.3) is 0 Å². The van der Waals surface area contributed by atoms with Gasteiger partial charge in [0.15, 0.2) is 22.6 Å². The SMILES string of the molecule is C[NH2+][C@@]1(c2ccccc2)CCCCC1=O.C[NH2+][C@@]1(c2ccccc2)CCCCC1=O.[Cl-].[Cl-]. The van der Waals surface area contributed by atoms with E-state index in [1.54, 1.807) is 0 Å². The van der Waals surface area contributed by atoms with Gasteiger partial charge in [0.2, 0.25) is 0 Å². The van der Waals surface area contributed by atoms with Gasteiger partial charge in [-0.2, -0.15) is 0 Å². The van der Waals surface area contributed by atoms with Crippen molar-refractivity contribution in [1.82, 2.24) is 0 Å². The first-order valence-electron chi connectivity index (χ1n) is 11.4. The lowest BCUT2D eigenvalue weighted by molar-refractivity contribution is -0.699. The summed E-state index contributed by atoms with van der Waals surface area (Å²) in [6.07, 6.45) is 7.86. The minimum absolute atomic E-state index is 0. The summed E-state index contributed by atoms with van der Waals surface area (Å²) >= 11 is 0. The monoisotopic (exact) mass is 478 g/mol. The Bertz CT molecular complexity index is 776. The van der Waals surface area contributed by atoms with Crippen molar-refractivity contribution in [3.8, 4) is 0 Å². The summed E-state index contributed by atoms with van der Waals surface area (Å²) in [6.45, 7) is 0. The molecule has 0 aliphatic heterocycles. The first-order valence-corrected chi connectivity index (χ1v) is 11.4. The van der Waals surface area contributed by atoms with E-state index in [2.05, 4.69) is 34.9 Å². The molecule has 32 heavy (non-hydrogen) atoms. The highest BCUT2D eigenvalue weighted by molar-refractivity contribution is 5.89. The number of likely N-dealkylation sites (N-methyl/N-ethyl adjacent to an activating group) is 2. The van der Waals surface area contributed by atoms with E-state index in [1.165, 1.54) is 0 Å². The molecule has 4 nitrogen and oxygen atoms in total. The molecular formula is C26H36Cl2N2O2. The lowest BCUT2D eigenvalue weighted by atomic mass is 9.76. The van der Waals surface area contributed by atoms with Gasteiger partial charge in [-0.05, 0) is 25.7 Å². The average Bonchev–Trinajstić information content (AvgIpc) is 2.82. The van der Waals surface area contributed by atoms with E-state index in [1.807, 2.05) is 50.5 Å². The minimum Gasteiger partial charge on any atom is -1.00 e. The number of quaternary nitrogens is 2. The number of rotatable bonds is 4. The molecule has 0 unspecified atom stereocenters. The first-order chi connectivity index (χ1) is 14.6. The van der Waals surface area contributed by atoms with Crippen LogP contribution in [-0.2, 0) is 20.7 Å². The maximum absolute atomic E-state index is 12.1. The number of Topliss-reactive ketones (excluding diaryl/α,β-unsaturated/α-hetero) is 2. The molecule has 2 saturated carbocycles. The molecule has 2 aromatic carbocycles. The third-order valence-corrected chi connectivity index (χ3v) is 7.01. The summed E-state index contributed by atoms with van der Waals surface area (Å²) in [4.78, 5) is 24.2. The number of hydrogen-bond donors (Lipinski definition) is 2. The Morgan fingerprint density at radius 2 is 0.938 bits per heavy atom. The Morgan fingerprint density at radius 1 is 0.594 bits per heavy atom. The second kappa shape index (κ2) is 13.1. The molecule has 2 fully saturated rings. The lowest BCUT2D eigenvalue weighted by Crippen LogP contribution is -3.00. The summed E-state index contributed by atoms with van der Waals surface area (Å²) in [7, 11) is 4.02. The fourth-order valence-electron chi connectivity index (χ4n) is 5.13. The number of benzene rings is 2. The van der Waals surface area contributed by atoms with Gasteiger partial charge in [-0.25, -0.2) is 0 Å². The van der Waals surface area contributed by atoms with Gasteiger partial charge >= 0.3 is 0 Å². The smallest absolute Gasteiger partial charge is 0.197 e. The van der Waals surface area contributed by atoms with E-state index in [9.17, 15) is 9.59 Å². The van der Waals surface area contributed by atoms with E-state index in [4.69, 9.17) is 0 Å². The van der Waals surface area contributed by atoms with E-state index in [-0.39, 0.29) is 35.9 Å². The first kappa shape index (κ1) is 28.3. The number of nitrogens with two attached hydrogens (primary N) is 2. The van der Waals surface area contributed by atoms with Crippen molar-refractivity contribution in [3.63, 3.8) is 0 Å². The van der Waals surface area contributed by atoms with Gasteiger partial charge in [-0.3, -0.25) is 9.59 Å². The van der Waals surface area contributed by atoms with Crippen LogP contribution >= 0.6 is 0 Å². The van der Waals surface area contributed by atoms with Gasteiger partial charge < -0.3 is 35.4 Å². The topological polar surface area (TPSA) is 67.4 Å². The van der Waals surface area contributed by atoms with Gasteiger partial charge in [0, 0.05) is 36.8 Å². The number of hydrogen-bond acceptors (Lipinski definition) is 2. The number of ketones is 2. The number of halogens is 2. The number of carbonyl (C=O) groups excluding carboxylic acids is 2. The zero-order valence-corrected chi connectivity index (χ0v) is 20.7. The fourth-order valence-corrected chi connectivity index (χ4v) is 5.13. The van der Waals surface area contributed by atoms with Crippen LogP contribution in [0.25, 0.3) is 0 Å². The fraction of sp³-hybridized carbons (Fsp3) is 0.462. The highest BCUT2D eigenvalue weighted by atomic mass is 35.5. The summed E-state index contributed by atoms with van der Waals surface area (Å²) in [6, 6.07) is 20.4. The molecule has 0 amide bonds. The zero-order valence-electron chi connectivity index (χ0n) is 19.2. The predicted octanol–water partition coefficient (Wildman–Crippen LogP) is -3.56. The molecule has 0 aromatic heterocycles. The van der Waals surface area contributed by atoms with Crippen LogP contribution in [-0.4, -0.2) is 25.7 Å². The summed E-state index contributed by atoms with van der Waals surface area (Å²) in [5.41, 5.74) is 1.74. The maximum Gasteiger partial charge on any atom is 0.197 e. The van der Waals surface area contributed by atoms with Crippen molar-refractivity contribution in [1.29, 1.82) is 0 Å². The molecule has 6 heteroatoms. The van der Waals surface area contributed by atoms with E-state index in [0.29, 0.717) is 11.6 Å². The van der Waals surface area contributed by atoms with Crippen molar-refractivity contribution in [2.24, 2.45) is 0 Å². The van der Waals surface area contributed by atoms with Crippen LogP contribution in [0.2, 0.25) is 0 Å². The predicted molar refractivity (Wildman–Crippen MR) is 119 cm³/mol. The molecular weight excluding hydrogens is 443 g/mol. The van der Waals surface area contributed by atoms with E-state index >= 15 is 0 Å². The normalized spacial score (nSPS) is 24.9. The highest BCUT2D eigenvalue weighted by Gasteiger charge is 2.44. The van der Waals surface area contributed by atoms with Crippen LogP contribution in [0.4, 0.5) is 0 Å². The van der Waals surface area contributed by atoms with Gasteiger partial charge in [0.05, 0.1) is 14.1 Å². The number of carbonyl (C=O) groups is 2. The molecule has 4 rings (SSSR count). The van der Waals surface area contributed by atoms with Crippen molar-refractivity contribution in [2.45, 2.75) is 62.4 Å². The minimum atomic E-state index is -0.292. The Hall–Kier alpha value is -1.72. The molecule has 0 heterocycles. The summed E-state index contributed by atoms with van der Waals surface area (Å²) in [5.74, 6) is 0.782. The molecule has 2 aliphatic carbocycles. The van der Waals surface area contributed by atoms with E-state index in [0.717, 1.165) is 62.5 Å². The van der Waals surface area contributed by atoms with Crippen molar-refractivity contribution in [3.05, 3.63) is 71.8 Å². The molecule has 0 spiro atoms. The molecule has 2 aromatic rings. The van der Waals surface area contributed by atoms with Crippen LogP contribution in [0.5, 0.6) is 0 Å². The zero-order chi connectivity index (χ0) is 21.5. The van der Waals surface area contributed by atoms with Gasteiger partial charge in [-0.15, -0.1) is 0 Å². The third kappa shape index (κ3) is 5.79. The second-order valence-electron chi connectivity index (χ2n) is 8.51. The lowest BCUT2D eigenvalue weighted by Gasteiger charge is -2.32. The van der Waals surface area contributed by atoms with Crippen LogP contribution in [0.3, 0.4) is 0 Å². The molecule has 0 radical (unpaired) electrons. The van der Waals surface area contributed by atoms with Crippen LogP contribution in [0, 0.1) is 0 Å². The Morgan fingerprint density at radius 3 is 1.22 bits per heavy atom. The van der Waals surface area contributed by atoms with Crippen molar-refractivity contribution >= 4 is 11.6 Å². The molecule has 0 saturated heterocycles. The summed E-state index contributed by atoms with van der Waals surface area (Å²) < 4.78 is 0. The molecule has 0 bridgehead atoms. The maximum atomic E-state index is 12.1. The molecule has 176 valence electrons. The largest absolute Gasteiger partial charge is 1.00 e. The van der Waals surface area contributed by atoms with Gasteiger partial charge in [0.1, 0.15) is 0 Å². The second-order valence-corrected chi connectivity index (χ2v) is 8.51. The van der Waals surface area contributed by atoms with E-state index < -0.39 is 0 Å². The molecule has 2 atom stereocenters. The molecule has 4 N–H and O–H groups in total. The van der Waals surface area contributed by atoms with Crippen molar-refractivity contribution < 1.29 is 45.0 Å². The third-order valence-electron chi connectivity index (χ3n) is 7.01. The highest BCUT2D eigenvalue weighted by Crippen LogP contribution is 2.31. The Balaban J connectivity index is 0.000000301. The summed E-state index contributed by atoms with van der Waals surface area (Å²) in [5, 5.41) is 4.17.